The molecule has 2 aromatic carbocycles. The van der Waals surface area contributed by atoms with Crippen molar-refractivity contribution in [2.24, 2.45) is 0 Å². The molecule has 0 bridgehead atoms. The van der Waals surface area contributed by atoms with Crippen molar-refractivity contribution in [3.8, 4) is 17.0 Å². The number of anilines is 1. The van der Waals surface area contributed by atoms with Gasteiger partial charge in [-0.3, -0.25) is 9.59 Å². The minimum atomic E-state index is -0.315. The van der Waals surface area contributed by atoms with Crippen LogP contribution < -0.4 is 15.2 Å². The third-order valence-corrected chi connectivity index (χ3v) is 6.18. The maximum absolute atomic E-state index is 12.8. The van der Waals surface area contributed by atoms with Crippen molar-refractivity contribution in [3.05, 3.63) is 75.0 Å². The summed E-state index contributed by atoms with van der Waals surface area (Å²) in [6, 6.07) is 16.0. The maximum Gasteiger partial charge on any atom is 0.267 e. The first-order valence-electron chi connectivity index (χ1n) is 10.1. The highest BCUT2D eigenvalue weighted by atomic mass is 35.5. The van der Waals surface area contributed by atoms with Crippen LogP contribution in [-0.2, 0) is 11.3 Å². The molecule has 1 amide bonds. The number of benzene rings is 2. The molecule has 1 aliphatic rings. The van der Waals surface area contributed by atoms with Gasteiger partial charge in [0.15, 0.2) is 0 Å². The number of piperazine rings is 1. The van der Waals surface area contributed by atoms with Crippen molar-refractivity contribution in [1.82, 2.24) is 14.7 Å². The molecule has 0 radical (unpaired) electrons. The third-order valence-electron chi connectivity index (χ3n) is 5.44. The molecule has 0 unspecified atom stereocenters. The van der Waals surface area contributed by atoms with Gasteiger partial charge in [0.25, 0.3) is 5.56 Å². The summed E-state index contributed by atoms with van der Waals surface area (Å²) in [5.74, 6) is 0.595. The predicted octanol–water partition coefficient (Wildman–Crippen LogP) is 3.57. The molecule has 0 saturated carbocycles. The Bertz CT molecular complexity index is 1170. The topological polar surface area (TPSA) is 67.7 Å². The average Bonchev–Trinajstić information content (AvgIpc) is 2.82. The Labute approximate surface area is 195 Å². The number of carbonyl (C=O) groups is 1. The highest BCUT2D eigenvalue weighted by Crippen LogP contribution is 2.27. The van der Waals surface area contributed by atoms with Gasteiger partial charge in [0.1, 0.15) is 12.3 Å². The number of aromatic nitrogens is 2. The van der Waals surface area contributed by atoms with Crippen LogP contribution in [0.15, 0.2) is 59.4 Å². The molecule has 32 heavy (non-hydrogen) atoms. The van der Waals surface area contributed by atoms with E-state index >= 15 is 0 Å². The number of halogens is 2. The lowest BCUT2D eigenvalue weighted by molar-refractivity contribution is -0.132. The van der Waals surface area contributed by atoms with E-state index in [2.05, 4.69) is 10.00 Å². The molecule has 166 valence electrons. The molecule has 0 N–H and O–H groups in total. The zero-order valence-corrected chi connectivity index (χ0v) is 19.0. The second-order valence-corrected chi connectivity index (χ2v) is 8.22. The van der Waals surface area contributed by atoms with E-state index in [0.29, 0.717) is 41.9 Å². The fourth-order valence-electron chi connectivity index (χ4n) is 3.60. The zero-order valence-electron chi connectivity index (χ0n) is 17.5. The van der Waals surface area contributed by atoms with E-state index in [-0.39, 0.29) is 18.0 Å². The Morgan fingerprint density at radius 2 is 1.69 bits per heavy atom. The lowest BCUT2D eigenvalue weighted by Gasteiger charge is -2.36. The smallest absolute Gasteiger partial charge is 0.267 e. The molecule has 0 spiro atoms. The number of ether oxygens (including phenoxy) is 1. The SMILES string of the molecule is COc1ccc(-c2ccc(=O)n(CC(=O)N3CCN(c4ccc(Cl)c(Cl)c4)CC3)n2)cc1. The van der Waals surface area contributed by atoms with Crippen molar-refractivity contribution in [1.29, 1.82) is 0 Å². The van der Waals surface area contributed by atoms with Gasteiger partial charge in [-0.25, -0.2) is 4.68 Å². The van der Waals surface area contributed by atoms with Crippen LogP contribution in [0.1, 0.15) is 0 Å². The number of hydrogen-bond donors (Lipinski definition) is 0. The van der Waals surface area contributed by atoms with E-state index < -0.39 is 0 Å². The first kappa shape index (κ1) is 22.2. The Hall–Kier alpha value is -3.03. The molecule has 1 fully saturated rings. The summed E-state index contributed by atoms with van der Waals surface area (Å²) in [5.41, 5.74) is 2.10. The largest absolute Gasteiger partial charge is 0.497 e. The first-order chi connectivity index (χ1) is 15.4. The number of rotatable bonds is 5. The fourth-order valence-corrected chi connectivity index (χ4v) is 3.89. The van der Waals surface area contributed by atoms with Crippen molar-refractivity contribution >= 4 is 34.8 Å². The minimum Gasteiger partial charge on any atom is -0.497 e. The summed E-state index contributed by atoms with van der Waals surface area (Å²) >= 11 is 12.1. The summed E-state index contributed by atoms with van der Waals surface area (Å²) in [7, 11) is 1.60. The second-order valence-electron chi connectivity index (χ2n) is 7.41. The molecule has 1 saturated heterocycles. The lowest BCUT2D eigenvalue weighted by atomic mass is 10.1. The summed E-state index contributed by atoms with van der Waals surface area (Å²) in [5, 5.41) is 5.41. The molecule has 0 atom stereocenters. The van der Waals surface area contributed by atoms with Crippen molar-refractivity contribution in [3.63, 3.8) is 0 Å². The monoisotopic (exact) mass is 472 g/mol. The predicted molar refractivity (Wildman–Crippen MR) is 126 cm³/mol. The molecule has 0 aliphatic carbocycles. The van der Waals surface area contributed by atoms with Crippen LogP contribution in [0.2, 0.25) is 10.0 Å². The van der Waals surface area contributed by atoms with Crippen molar-refractivity contribution in [2.75, 3.05) is 38.2 Å². The number of methoxy groups -OCH3 is 1. The van der Waals surface area contributed by atoms with Gasteiger partial charge in [-0.2, -0.15) is 5.10 Å². The van der Waals surface area contributed by atoms with Gasteiger partial charge in [0.2, 0.25) is 5.91 Å². The van der Waals surface area contributed by atoms with Crippen LogP contribution in [0, 0.1) is 0 Å². The Morgan fingerprint density at radius 1 is 0.969 bits per heavy atom. The van der Waals surface area contributed by atoms with E-state index in [0.717, 1.165) is 17.0 Å². The molecule has 2 heterocycles. The Kier molecular flexibility index (Phi) is 6.67. The van der Waals surface area contributed by atoms with Gasteiger partial charge in [0.05, 0.1) is 22.8 Å². The van der Waals surface area contributed by atoms with E-state index in [1.807, 2.05) is 36.4 Å². The van der Waals surface area contributed by atoms with Gasteiger partial charge >= 0.3 is 0 Å². The molecule has 3 aromatic rings. The zero-order chi connectivity index (χ0) is 22.7. The normalized spacial score (nSPS) is 13.8. The molecular formula is C23H22Cl2N4O3. The van der Waals surface area contributed by atoms with Crippen molar-refractivity contribution < 1.29 is 9.53 Å². The first-order valence-corrected chi connectivity index (χ1v) is 10.9. The van der Waals surface area contributed by atoms with Gasteiger partial charge in [-0.15, -0.1) is 0 Å². The molecule has 7 nitrogen and oxygen atoms in total. The fraction of sp³-hybridized carbons (Fsp3) is 0.261. The Balaban J connectivity index is 1.41. The average molecular weight is 473 g/mol. The van der Waals surface area contributed by atoms with E-state index in [1.54, 1.807) is 24.1 Å². The van der Waals surface area contributed by atoms with E-state index in [1.165, 1.54) is 10.7 Å². The summed E-state index contributed by atoms with van der Waals surface area (Å²) in [6.45, 7) is 2.32. The van der Waals surface area contributed by atoms with Crippen molar-refractivity contribution in [2.45, 2.75) is 6.54 Å². The van der Waals surface area contributed by atoms with Gasteiger partial charge in [0, 0.05) is 43.5 Å². The highest BCUT2D eigenvalue weighted by molar-refractivity contribution is 6.42. The van der Waals surface area contributed by atoms with Crippen LogP contribution in [-0.4, -0.2) is 53.9 Å². The lowest BCUT2D eigenvalue weighted by Crippen LogP contribution is -2.50. The molecule has 4 rings (SSSR count). The standard InChI is InChI=1S/C23H22Cl2N4O3/c1-32-18-5-2-16(3-6-18)21-8-9-22(30)29(26-21)15-23(31)28-12-10-27(11-13-28)17-4-7-19(24)20(25)14-17/h2-9,14H,10-13,15H2,1H3. The van der Waals surface area contributed by atoms with E-state index in [9.17, 15) is 9.59 Å². The van der Waals surface area contributed by atoms with Gasteiger partial charge in [-0.1, -0.05) is 23.2 Å². The van der Waals surface area contributed by atoms with Crippen LogP contribution in [0.5, 0.6) is 5.75 Å². The molecule has 1 aromatic heterocycles. The number of nitrogens with zero attached hydrogens (tertiary/aromatic N) is 4. The molecule has 9 heteroatoms. The molecular weight excluding hydrogens is 451 g/mol. The summed E-state index contributed by atoms with van der Waals surface area (Å²) < 4.78 is 6.39. The highest BCUT2D eigenvalue weighted by Gasteiger charge is 2.22. The third kappa shape index (κ3) is 4.89. The van der Waals surface area contributed by atoms with E-state index in [4.69, 9.17) is 27.9 Å². The van der Waals surface area contributed by atoms with Crippen LogP contribution in [0.4, 0.5) is 5.69 Å². The summed E-state index contributed by atoms with van der Waals surface area (Å²) in [6.07, 6.45) is 0. The quantitative estimate of drug-likeness (QED) is 0.567. The number of carbonyl (C=O) groups excluding carboxylic acids is 1. The van der Waals surface area contributed by atoms with Crippen LogP contribution in [0.25, 0.3) is 11.3 Å². The maximum atomic E-state index is 12.8. The van der Waals surface area contributed by atoms with Crippen LogP contribution >= 0.6 is 23.2 Å². The number of hydrogen-bond acceptors (Lipinski definition) is 5. The summed E-state index contributed by atoms with van der Waals surface area (Å²) in [4.78, 5) is 29.0. The second kappa shape index (κ2) is 9.63. The van der Waals surface area contributed by atoms with Crippen LogP contribution in [0.3, 0.4) is 0 Å². The van der Waals surface area contributed by atoms with Gasteiger partial charge < -0.3 is 14.5 Å². The minimum absolute atomic E-state index is 0.102. The molecule has 1 aliphatic heterocycles. The van der Waals surface area contributed by atoms with Gasteiger partial charge in [-0.05, 0) is 48.5 Å². The number of amides is 1. The Morgan fingerprint density at radius 3 is 2.34 bits per heavy atom.